The predicted octanol–water partition coefficient (Wildman–Crippen LogP) is 3.19. The minimum atomic E-state index is -0.911. The molecule has 2 bridgehead atoms. The Balaban J connectivity index is 1.60. The number of halogens is 2. The number of allylic oxidation sites excluding steroid dienone is 2. The highest BCUT2D eigenvalue weighted by Gasteiger charge is 2.59. The summed E-state index contributed by atoms with van der Waals surface area (Å²) in [5.74, 6) is -1.13. The molecule has 2 aliphatic carbocycles. The van der Waals surface area contributed by atoms with Crippen LogP contribution >= 0.6 is 27.5 Å². The van der Waals surface area contributed by atoms with Gasteiger partial charge in [-0.3, -0.25) is 9.59 Å². The third kappa shape index (κ3) is 3.53. The summed E-state index contributed by atoms with van der Waals surface area (Å²) >= 11 is 9.81. The molecule has 8 nitrogen and oxygen atoms in total. The Morgan fingerprint density at radius 2 is 1.87 bits per heavy atom. The number of hydrazone groups is 1. The minimum absolute atomic E-state index is 0.112. The fourth-order valence-corrected chi connectivity index (χ4v) is 5.11. The fraction of sp³-hybridized carbons (Fsp3) is 0.429. The number of carbonyl (C=O) groups is 3. The van der Waals surface area contributed by atoms with E-state index in [9.17, 15) is 14.4 Å². The van der Waals surface area contributed by atoms with Gasteiger partial charge in [0, 0.05) is 10.0 Å². The number of carbonyl (C=O) groups excluding carboxylic acids is 3. The van der Waals surface area contributed by atoms with Gasteiger partial charge in [-0.25, -0.2) is 4.79 Å². The van der Waals surface area contributed by atoms with E-state index < -0.39 is 12.1 Å². The number of hydrogen-bond donors (Lipinski definition) is 0. The first-order valence-electron chi connectivity index (χ1n) is 9.69. The number of amides is 2. The molecule has 31 heavy (non-hydrogen) atoms. The smallest absolute Gasteiger partial charge is 0.346 e. The van der Waals surface area contributed by atoms with Crippen molar-refractivity contribution in [2.75, 3.05) is 14.2 Å². The monoisotopic (exact) mass is 510 g/mol. The molecule has 4 rings (SSSR count). The van der Waals surface area contributed by atoms with Crippen LogP contribution in [0.2, 0.25) is 5.02 Å². The molecule has 3 aliphatic rings. The molecule has 0 N–H and O–H groups in total. The molecule has 1 aromatic carbocycles. The van der Waals surface area contributed by atoms with Crippen LogP contribution in [-0.4, -0.2) is 49.3 Å². The van der Waals surface area contributed by atoms with Crippen molar-refractivity contribution >= 4 is 51.5 Å². The Morgan fingerprint density at radius 1 is 1.26 bits per heavy atom. The molecule has 2 amide bonds. The van der Waals surface area contributed by atoms with E-state index in [-0.39, 0.29) is 52.0 Å². The van der Waals surface area contributed by atoms with Crippen molar-refractivity contribution < 1.29 is 28.6 Å². The Hall–Kier alpha value is -2.39. The van der Waals surface area contributed by atoms with Gasteiger partial charge in [-0.1, -0.05) is 23.8 Å². The van der Waals surface area contributed by atoms with Gasteiger partial charge in [-0.15, -0.1) is 0 Å². The van der Waals surface area contributed by atoms with Gasteiger partial charge in [-0.2, -0.15) is 10.1 Å². The molecule has 2 fully saturated rings. The van der Waals surface area contributed by atoms with Crippen LogP contribution in [0.5, 0.6) is 11.5 Å². The lowest BCUT2D eigenvalue weighted by molar-refractivity contribution is -0.148. The van der Waals surface area contributed by atoms with E-state index in [2.05, 4.69) is 25.8 Å². The highest BCUT2D eigenvalue weighted by atomic mass is 79.9. The Labute approximate surface area is 192 Å². The van der Waals surface area contributed by atoms with Gasteiger partial charge >= 0.3 is 5.97 Å². The van der Waals surface area contributed by atoms with E-state index in [1.807, 2.05) is 12.2 Å². The summed E-state index contributed by atoms with van der Waals surface area (Å²) in [4.78, 5) is 37.3. The van der Waals surface area contributed by atoms with Gasteiger partial charge in [0.1, 0.15) is 5.02 Å². The summed E-state index contributed by atoms with van der Waals surface area (Å²) in [5.41, 5.74) is 0.471. The van der Waals surface area contributed by atoms with Crippen molar-refractivity contribution in [2.45, 2.75) is 19.4 Å². The van der Waals surface area contributed by atoms with Crippen molar-refractivity contribution in [3.63, 3.8) is 0 Å². The number of nitrogens with zero attached hydrogens (tertiary/aromatic N) is 2. The Morgan fingerprint density at radius 3 is 2.42 bits per heavy atom. The van der Waals surface area contributed by atoms with Gasteiger partial charge < -0.3 is 14.2 Å². The number of hydrogen-bond acceptors (Lipinski definition) is 7. The highest BCUT2D eigenvalue weighted by molar-refractivity contribution is 9.10. The standard InChI is InChI=1S/C21H20BrClN2O6/c1-9(21(28)30-3)31-18-13(29-2)7-12(16(22)17(18)23)8-24-25-19(26)14-10-4-5-11(6-10)15(14)20(25)27/h4-5,7-11,14-15H,6H2,1-3H3/t9-,10-,11-,14-,15+/m0/s1. The number of ether oxygens (including phenoxy) is 3. The lowest BCUT2D eigenvalue weighted by Crippen LogP contribution is -2.28. The maximum Gasteiger partial charge on any atom is 0.346 e. The van der Waals surface area contributed by atoms with Crippen LogP contribution in [0, 0.1) is 23.7 Å². The van der Waals surface area contributed by atoms with Crippen molar-refractivity contribution in [3.05, 3.63) is 33.3 Å². The SMILES string of the molecule is COC(=O)[C@H](C)Oc1c(OC)cc(C=NN2C(=O)[C@@H]3[C@H](C2=O)[C@H]2C=C[C@H]3C2)c(Br)c1Cl. The molecular weight excluding hydrogens is 492 g/mol. The van der Waals surface area contributed by atoms with Crippen molar-refractivity contribution in [1.29, 1.82) is 0 Å². The average Bonchev–Trinajstić information content (AvgIpc) is 3.44. The first kappa shape index (κ1) is 21.8. The second-order valence-corrected chi connectivity index (χ2v) is 8.81. The van der Waals surface area contributed by atoms with Gasteiger partial charge in [0.25, 0.3) is 11.8 Å². The maximum atomic E-state index is 12.8. The number of imide groups is 1. The van der Waals surface area contributed by atoms with Crippen molar-refractivity contribution in [3.8, 4) is 11.5 Å². The largest absolute Gasteiger partial charge is 0.493 e. The number of rotatable bonds is 6. The van der Waals surface area contributed by atoms with E-state index >= 15 is 0 Å². The van der Waals surface area contributed by atoms with Gasteiger partial charge in [0.15, 0.2) is 17.6 Å². The highest BCUT2D eigenvalue weighted by Crippen LogP contribution is 2.52. The van der Waals surface area contributed by atoms with E-state index in [0.717, 1.165) is 11.4 Å². The number of methoxy groups -OCH3 is 2. The molecule has 0 spiro atoms. The van der Waals surface area contributed by atoms with Crippen LogP contribution in [0.1, 0.15) is 18.9 Å². The number of benzene rings is 1. The molecule has 1 aromatic rings. The Bertz CT molecular complexity index is 996. The van der Waals surface area contributed by atoms with E-state index in [4.69, 9.17) is 21.1 Å². The summed E-state index contributed by atoms with van der Waals surface area (Å²) in [7, 11) is 2.68. The minimum Gasteiger partial charge on any atom is -0.493 e. The molecule has 10 heteroatoms. The van der Waals surface area contributed by atoms with Crippen LogP contribution in [-0.2, 0) is 19.1 Å². The molecule has 0 aromatic heterocycles. The molecule has 0 radical (unpaired) electrons. The summed E-state index contributed by atoms with van der Waals surface area (Å²) in [6, 6.07) is 1.58. The van der Waals surface area contributed by atoms with Crippen LogP contribution in [0.3, 0.4) is 0 Å². The normalized spacial score (nSPS) is 27.2. The van der Waals surface area contributed by atoms with E-state index in [1.165, 1.54) is 27.4 Å². The molecule has 1 saturated carbocycles. The molecule has 1 saturated heterocycles. The number of esters is 1. The predicted molar refractivity (Wildman–Crippen MR) is 115 cm³/mol. The maximum absolute atomic E-state index is 12.8. The molecule has 1 heterocycles. The third-order valence-electron chi connectivity index (χ3n) is 5.96. The second kappa shape index (κ2) is 8.27. The molecule has 164 valence electrons. The van der Waals surface area contributed by atoms with Crippen molar-refractivity contribution in [2.24, 2.45) is 28.8 Å². The fourth-order valence-electron chi connectivity index (χ4n) is 4.47. The van der Waals surface area contributed by atoms with Crippen LogP contribution in [0.15, 0.2) is 27.8 Å². The average molecular weight is 512 g/mol. The summed E-state index contributed by atoms with van der Waals surface area (Å²) in [5, 5.41) is 5.27. The third-order valence-corrected chi connectivity index (χ3v) is 7.41. The molecule has 1 aliphatic heterocycles. The molecular formula is C21H20BrClN2O6. The zero-order chi connectivity index (χ0) is 22.4. The summed E-state index contributed by atoms with van der Waals surface area (Å²) in [6.07, 6.45) is 5.37. The van der Waals surface area contributed by atoms with Crippen LogP contribution < -0.4 is 9.47 Å². The summed E-state index contributed by atoms with van der Waals surface area (Å²) < 4.78 is 16.0. The second-order valence-electron chi connectivity index (χ2n) is 7.64. The van der Waals surface area contributed by atoms with Gasteiger partial charge in [0.2, 0.25) is 0 Å². The lowest BCUT2D eigenvalue weighted by Gasteiger charge is -2.18. The number of fused-ring (bicyclic) bond motifs is 5. The summed E-state index contributed by atoms with van der Waals surface area (Å²) in [6.45, 7) is 1.52. The lowest BCUT2D eigenvalue weighted by atomic mass is 9.85. The van der Waals surface area contributed by atoms with Gasteiger partial charge in [-0.05, 0) is 47.2 Å². The van der Waals surface area contributed by atoms with E-state index in [1.54, 1.807) is 6.07 Å². The van der Waals surface area contributed by atoms with E-state index in [0.29, 0.717) is 10.0 Å². The molecule has 5 atom stereocenters. The first-order chi connectivity index (χ1) is 14.8. The quantitative estimate of drug-likeness (QED) is 0.252. The van der Waals surface area contributed by atoms with Crippen LogP contribution in [0.25, 0.3) is 0 Å². The van der Waals surface area contributed by atoms with Crippen molar-refractivity contribution in [1.82, 2.24) is 5.01 Å². The topological polar surface area (TPSA) is 94.5 Å². The Kier molecular flexibility index (Phi) is 5.83. The first-order valence-corrected chi connectivity index (χ1v) is 10.9. The molecule has 0 unspecified atom stereocenters. The zero-order valence-corrected chi connectivity index (χ0v) is 19.3. The van der Waals surface area contributed by atoms with Crippen LogP contribution in [0.4, 0.5) is 0 Å². The zero-order valence-electron chi connectivity index (χ0n) is 17.0. The van der Waals surface area contributed by atoms with Gasteiger partial charge in [0.05, 0.1) is 32.3 Å².